The summed E-state index contributed by atoms with van der Waals surface area (Å²) >= 11 is 0. The Morgan fingerprint density at radius 1 is 1.24 bits per heavy atom. The molecule has 1 fully saturated rings. The van der Waals surface area contributed by atoms with Crippen molar-refractivity contribution < 1.29 is 8.42 Å². The molecular weight excluding hydrogens is 284 g/mol. The Hall–Kier alpha value is -1.07. The summed E-state index contributed by atoms with van der Waals surface area (Å²) < 4.78 is 26.5. The highest BCUT2D eigenvalue weighted by Gasteiger charge is 2.24. The molecule has 21 heavy (non-hydrogen) atoms. The lowest BCUT2D eigenvalue weighted by Crippen LogP contribution is -2.32. The fourth-order valence-corrected chi connectivity index (χ4v) is 4.18. The van der Waals surface area contributed by atoms with E-state index in [1.807, 2.05) is 19.1 Å². The smallest absolute Gasteiger partial charge is 0.240 e. The van der Waals surface area contributed by atoms with Crippen LogP contribution in [0.1, 0.15) is 44.6 Å². The zero-order valence-corrected chi connectivity index (χ0v) is 14.0. The van der Waals surface area contributed by atoms with Crippen LogP contribution in [-0.2, 0) is 10.0 Å². The zero-order chi connectivity index (χ0) is 15.5. The van der Waals surface area contributed by atoms with Crippen LogP contribution in [0.15, 0.2) is 23.1 Å². The van der Waals surface area contributed by atoms with Crippen LogP contribution in [-0.4, -0.2) is 21.5 Å². The Morgan fingerprint density at radius 2 is 1.95 bits per heavy atom. The minimum atomic E-state index is -3.40. The molecule has 2 N–H and O–H groups in total. The zero-order valence-electron chi connectivity index (χ0n) is 13.1. The number of anilines is 1. The molecular formula is C16H26N2O2S. The van der Waals surface area contributed by atoms with E-state index in [1.165, 1.54) is 39.2 Å². The van der Waals surface area contributed by atoms with Gasteiger partial charge in [-0.15, -0.1) is 0 Å². The average molecular weight is 310 g/mol. The summed E-state index contributed by atoms with van der Waals surface area (Å²) in [6.45, 7) is 4.06. The first-order valence-corrected chi connectivity index (χ1v) is 9.27. The first-order chi connectivity index (χ1) is 9.97. The maximum Gasteiger partial charge on any atom is 0.240 e. The van der Waals surface area contributed by atoms with Crippen molar-refractivity contribution in [1.29, 1.82) is 0 Å². The summed E-state index contributed by atoms with van der Waals surface area (Å²) in [7, 11) is -1.95. The van der Waals surface area contributed by atoms with Crippen LogP contribution in [0.2, 0.25) is 0 Å². The van der Waals surface area contributed by atoms with E-state index in [1.54, 1.807) is 6.07 Å². The number of nitrogens with one attached hydrogen (secondary N) is 2. The average Bonchev–Trinajstić information content (AvgIpc) is 2.49. The van der Waals surface area contributed by atoms with Crippen molar-refractivity contribution in [3.63, 3.8) is 0 Å². The van der Waals surface area contributed by atoms with Gasteiger partial charge in [0.05, 0.1) is 4.90 Å². The minimum Gasteiger partial charge on any atom is -0.382 e. The third-order valence-electron chi connectivity index (χ3n) is 4.53. The molecule has 1 aliphatic rings. The van der Waals surface area contributed by atoms with Gasteiger partial charge in [-0.25, -0.2) is 13.1 Å². The van der Waals surface area contributed by atoms with Crippen LogP contribution in [0.5, 0.6) is 0 Å². The monoisotopic (exact) mass is 310 g/mol. The standard InChI is InChI=1S/C16H26N2O2S/c1-4-13-7-5-6-8-15(13)18-14-10-9-12(2)16(11-14)21(19,20)17-3/h9-11,13,15,17-18H,4-8H2,1-3H3. The van der Waals surface area contributed by atoms with Crippen molar-refractivity contribution in [2.45, 2.75) is 56.9 Å². The van der Waals surface area contributed by atoms with Gasteiger partial charge in [0.15, 0.2) is 0 Å². The summed E-state index contributed by atoms with van der Waals surface area (Å²) in [6, 6.07) is 6.06. The lowest BCUT2D eigenvalue weighted by molar-refractivity contribution is 0.317. The molecule has 1 aromatic carbocycles. The highest BCUT2D eigenvalue weighted by molar-refractivity contribution is 7.89. The van der Waals surface area contributed by atoms with Crippen LogP contribution in [0.4, 0.5) is 5.69 Å². The van der Waals surface area contributed by atoms with E-state index in [9.17, 15) is 8.42 Å². The summed E-state index contributed by atoms with van der Waals surface area (Å²) in [5, 5.41) is 3.55. The molecule has 1 aliphatic carbocycles. The topological polar surface area (TPSA) is 58.2 Å². The molecule has 1 saturated carbocycles. The number of aryl methyl sites for hydroxylation is 1. The molecule has 0 heterocycles. The van der Waals surface area contributed by atoms with E-state index >= 15 is 0 Å². The molecule has 2 unspecified atom stereocenters. The number of hydrogen-bond acceptors (Lipinski definition) is 3. The van der Waals surface area contributed by atoms with E-state index in [2.05, 4.69) is 17.0 Å². The SMILES string of the molecule is CCC1CCCCC1Nc1ccc(C)c(S(=O)(=O)NC)c1. The second-order valence-corrected chi connectivity index (χ2v) is 7.75. The minimum absolute atomic E-state index is 0.360. The van der Waals surface area contributed by atoms with Crippen LogP contribution in [0, 0.1) is 12.8 Å². The molecule has 0 amide bonds. The second kappa shape index (κ2) is 6.79. The van der Waals surface area contributed by atoms with Crippen LogP contribution in [0.25, 0.3) is 0 Å². The van der Waals surface area contributed by atoms with Gasteiger partial charge in [-0.2, -0.15) is 0 Å². The maximum atomic E-state index is 12.0. The lowest BCUT2D eigenvalue weighted by atomic mass is 9.83. The summed E-state index contributed by atoms with van der Waals surface area (Å²) in [6.07, 6.45) is 6.17. The van der Waals surface area contributed by atoms with Gasteiger partial charge in [-0.3, -0.25) is 0 Å². The molecule has 2 rings (SSSR count). The Labute approximate surface area is 128 Å². The number of rotatable bonds is 5. The molecule has 0 bridgehead atoms. The van der Waals surface area contributed by atoms with Gasteiger partial charge in [0.2, 0.25) is 10.0 Å². The maximum absolute atomic E-state index is 12.0. The van der Waals surface area contributed by atoms with Crippen LogP contribution < -0.4 is 10.0 Å². The molecule has 0 radical (unpaired) electrons. The summed E-state index contributed by atoms with van der Waals surface area (Å²) in [5.74, 6) is 0.685. The number of sulfonamides is 1. The summed E-state index contributed by atoms with van der Waals surface area (Å²) in [5.41, 5.74) is 1.67. The van der Waals surface area contributed by atoms with Gasteiger partial charge in [0.1, 0.15) is 0 Å². The predicted molar refractivity (Wildman–Crippen MR) is 87.1 cm³/mol. The molecule has 0 saturated heterocycles. The fraction of sp³-hybridized carbons (Fsp3) is 0.625. The van der Waals surface area contributed by atoms with Crippen molar-refractivity contribution in [3.05, 3.63) is 23.8 Å². The molecule has 2 atom stereocenters. The van der Waals surface area contributed by atoms with Gasteiger partial charge in [0.25, 0.3) is 0 Å². The van der Waals surface area contributed by atoms with Gasteiger partial charge in [-0.1, -0.05) is 32.3 Å². The third-order valence-corrected chi connectivity index (χ3v) is 6.09. The van der Waals surface area contributed by atoms with Crippen LogP contribution in [0.3, 0.4) is 0 Å². The van der Waals surface area contributed by atoms with Crippen molar-refractivity contribution in [3.8, 4) is 0 Å². The highest BCUT2D eigenvalue weighted by atomic mass is 32.2. The van der Waals surface area contributed by atoms with Crippen LogP contribution >= 0.6 is 0 Å². The van der Waals surface area contributed by atoms with E-state index in [0.717, 1.165) is 11.3 Å². The van der Waals surface area contributed by atoms with E-state index in [-0.39, 0.29) is 0 Å². The third kappa shape index (κ3) is 3.77. The predicted octanol–water partition coefficient (Wildman–Crippen LogP) is 3.28. The fourth-order valence-electron chi connectivity index (χ4n) is 3.19. The second-order valence-electron chi connectivity index (χ2n) is 5.89. The van der Waals surface area contributed by atoms with Gasteiger partial charge in [-0.05, 0) is 50.4 Å². The van der Waals surface area contributed by atoms with Crippen molar-refractivity contribution >= 4 is 15.7 Å². The molecule has 4 nitrogen and oxygen atoms in total. The molecule has 118 valence electrons. The van der Waals surface area contributed by atoms with Gasteiger partial charge < -0.3 is 5.32 Å². The molecule has 1 aromatic rings. The van der Waals surface area contributed by atoms with E-state index in [4.69, 9.17) is 0 Å². The largest absolute Gasteiger partial charge is 0.382 e. The Balaban J connectivity index is 2.23. The molecule has 0 aliphatic heterocycles. The van der Waals surface area contributed by atoms with E-state index < -0.39 is 10.0 Å². The Bertz CT molecular complexity index is 584. The van der Waals surface area contributed by atoms with E-state index in [0.29, 0.717) is 16.9 Å². The number of benzene rings is 1. The quantitative estimate of drug-likeness (QED) is 0.877. The number of hydrogen-bond donors (Lipinski definition) is 2. The molecule has 0 aromatic heterocycles. The van der Waals surface area contributed by atoms with Crippen molar-refractivity contribution in [2.75, 3.05) is 12.4 Å². The molecule has 5 heteroatoms. The molecule has 0 spiro atoms. The van der Waals surface area contributed by atoms with Crippen molar-refractivity contribution in [2.24, 2.45) is 5.92 Å². The highest BCUT2D eigenvalue weighted by Crippen LogP contribution is 2.30. The Kier molecular flexibility index (Phi) is 5.27. The van der Waals surface area contributed by atoms with Gasteiger partial charge in [0, 0.05) is 11.7 Å². The first-order valence-electron chi connectivity index (χ1n) is 7.78. The van der Waals surface area contributed by atoms with Crippen molar-refractivity contribution in [1.82, 2.24) is 4.72 Å². The first kappa shape index (κ1) is 16.3. The lowest BCUT2D eigenvalue weighted by Gasteiger charge is -2.32. The normalized spacial score (nSPS) is 23.0. The Morgan fingerprint density at radius 3 is 2.62 bits per heavy atom. The summed E-state index contributed by atoms with van der Waals surface area (Å²) in [4.78, 5) is 0.360. The van der Waals surface area contributed by atoms with Gasteiger partial charge >= 0.3 is 0 Å².